The van der Waals surface area contributed by atoms with Gasteiger partial charge in [0.15, 0.2) is 0 Å². The summed E-state index contributed by atoms with van der Waals surface area (Å²) in [6, 6.07) is 0. The maximum absolute atomic E-state index is 3.24. The lowest BCUT2D eigenvalue weighted by atomic mass is 10.4. The maximum Gasteiger partial charge on any atom is 0.0615 e. The molecule has 0 saturated carbocycles. The van der Waals surface area contributed by atoms with Crippen LogP contribution in [0.4, 0.5) is 0 Å². The summed E-state index contributed by atoms with van der Waals surface area (Å²) in [4.78, 5) is 2.24. The van der Waals surface area contributed by atoms with E-state index in [0.29, 0.717) is 0 Å². The molecule has 7 heavy (non-hydrogen) atoms. The Morgan fingerprint density at radius 2 is 2.57 bits per heavy atom. The van der Waals surface area contributed by atoms with Crippen molar-refractivity contribution in [1.82, 2.24) is 4.90 Å². The van der Waals surface area contributed by atoms with Crippen LogP contribution < -0.4 is 0 Å². The monoisotopic (exact) mass is 97.1 g/mol. The standard InChI is InChI=1S/C6H11N/c1-2-7-5-3-4-6-7/h2-5H2,1H3. The smallest absolute Gasteiger partial charge is 0.0615 e. The molecule has 1 rings (SSSR count). The molecule has 0 bridgehead atoms. The normalized spacial score (nSPS) is 23.6. The van der Waals surface area contributed by atoms with Gasteiger partial charge in [0.25, 0.3) is 0 Å². The molecule has 0 unspecified atom stereocenters. The number of nitrogens with zero attached hydrogens (tertiary/aromatic N) is 1. The van der Waals surface area contributed by atoms with E-state index >= 15 is 0 Å². The molecule has 1 aliphatic rings. The first kappa shape index (κ1) is 5.10. The van der Waals surface area contributed by atoms with Crippen molar-refractivity contribution in [3.05, 3.63) is 6.54 Å². The maximum atomic E-state index is 3.24. The number of hydrogen-bond donors (Lipinski definition) is 0. The molecule has 0 amide bonds. The fourth-order valence-electron chi connectivity index (χ4n) is 0.856. The highest BCUT2D eigenvalue weighted by atomic mass is 15.1. The Hall–Kier alpha value is -0.0400. The van der Waals surface area contributed by atoms with Crippen LogP contribution in [-0.2, 0) is 0 Å². The van der Waals surface area contributed by atoms with Gasteiger partial charge in [-0.15, -0.1) is 0 Å². The van der Waals surface area contributed by atoms with Crippen molar-refractivity contribution in [2.45, 2.75) is 19.8 Å². The third-order valence-electron chi connectivity index (χ3n) is 1.32. The van der Waals surface area contributed by atoms with Crippen LogP contribution in [0, 0.1) is 6.54 Å². The van der Waals surface area contributed by atoms with Crippen molar-refractivity contribution < 1.29 is 0 Å². The average molecular weight is 97.2 g/mol. The SMILES string of the molecule is CCN1[C]CCC1. The molecule has 0 atom stereocenters. The molecule has 0 aromatic rings. The average Bonchev–Trinajstić information content (AvgIpc) is 2.14. The van der Waals surface area contributed by atoms with Crippen LogP contribution >= 0.6 is 0 Å². The molecule has 0 aliphatic carbocycles. The van der Waals surface area contributed by atoms with Gasteiger partial charge in [-0.3, -0.25) is 4.90 Å². The van der Waals surface area contributed by atoms with Gasteiger partial charge < -0.3 is 0 Å². The van der Waals surface area contributed by atoms with E-state index in [2.05, 4.69) is 18.4 Å². The second-order valence-electron chi connectivity index (χ2n) is 1.84. The molecule has 1 nitrogen and oxygen atoms in total. The predicted octanol–water partition coefficient (Wildman–Crippen LogP) is 1.14. The molecule has 40 valence electrons. The largest absolute Gasteiger partial charge is 0.294 e. The molecule has 0 N–H and O–H groups in total. The third-order valence-corrected chi connectivity index (χ3v) is 1.32. The lowest BCUT2D eigenvalue weighted by molar-refractivity contribution is 0.408. The molecule has 1 saturated heterocycles. The van der Waals surface area contributed by atoms with Gasteiger partial charge in [-0.2, -0.15) is 0 Å². The van der Waals surface area contributed by atoms with Crippen LogP contribution in [0.2, 0.25) is 0 Å². The van der Waals surface area contributed by atoms with E-state index in [4.69, 9.17) is 0 Å². The molecule has 0 spiro atoms. The second kappa shape index (κ2) is 2.31. The van der Waals surface area contributed by atoms with Gasteiger partial charge in [-0.25, -0.2) is 0 Å². The Bertz CT molecular complexity index is 46.1. The predicted molar refractivity (Wildman–Crippen MR) is 29.7 cm³/mol. The van der Waals surface area contributed by atoms with Crippen molar-refractivity contribution in [2.24, 2.45) is 0 Å². The van der Waals surface area contributed by atoms with Crippen LogP contribution in [-0.4, -0.2) is 18.0 Å². The van der Waals surface area contributed by atoms with E-state index in [9.17, 15) is 0 Å². The minimum absolute atomic E-state index is 1.14. The zero-order valence-corrected chi connectivity index (χ0v) is 4.78. The topological polar surface area (TPSA) is 3.24 Å². The summed E-state index contributed by atoms with van der Waals surface area (Å²) in [5, 5.41) is 0. The van der Waals surface area contributed by atoms with E-state index in [1.54, 1.807) is 0 Å². The molecular formula is C6H11N. The quantitative estimate of drug-likeness (QED) is 0.474. The van der Waals surface area contributed by atoms with Gasteiger partial charge >= 0.3 is 0 Å². The molecule has 1 fully saturated rings. The van der Waals surface area contributed by atoms with Crippen LogP contribution in [0.5, 0.6) is 0 Å². The van der Waals surface area contributed by atoms with Crippen molar-refractivity contribution in [2.75, 3.05) is 13.1 Å². The highest BCUT2D eigenvalue weighted by molar-refractivity contribution is 4.74. The summed E-state index contributed by atoms with van der Waals surface area (Å²) in [6.07, 6.45) is 2.49. The number of rotatable bonds is 1. The lowest BCUT2D eigenvalue weighted by Crippen LogP contribution is -2.13. The highest BCUT2D eigenvalue weighted by Gasteiger charge is 2.08. The van der Waals surface area contributed by atoms with E-state index < -0.39 is 0 Å². The van der Waals surface area contributed by atoms with Crippen molar-refractivity contribution in [3.63, 3.8) is 0 Å². The Kier molecular flexibility index (Phi) is 1.69. The summed E-state index contributed by atoms with van der Waals surface area (Å²) < 4.78 is 0. The second-order valence-corrected chi connectivity index (χ2v) is 1.84. The van der Waals surface area contributed by atoms with Gasteiger partial charge in [0.05, 0.1) is 6.54 Å². The lowest BCUT2D eigenvalue weighted by Gasteiger charge is -2.07. The van der Waals surface area contributed by atoms with E-state index in [0.717, 1.165) is 6.54 Å². The Morgan fingerprint density at radius 1 is 1.71 bits per heavy atom. The van der Waals surface area contributed by atoms with Gasteiger partial charge in [0.1, 0.15) is 0 Å². The number of hydrogen-bond acceptors (Lipinski definition) is 1. The fraction of sp³-hybridized carbons (Fsp3) is 0.833. The van der Waals surface area contributed by atoms with E-state index in [1.165, 1.54) is 19.4 Å². The zero-order chi connectivity index (χ0) is 5.11. The molecule has 1 heteroatoms. The van der Waals surface area contributed by atoms with Crippen molar-refractivity contribution in [1.29, 1.82) is 0 Å². The summed E-state index contributed by atoms with van der Waals surface area (Å²) >= 11 is 0. The van der Waals surface area contributed by atoms with Crippen LogP contribution in [0.1, 0.15) is 19.8 Å². The van der Waals surface area contributed by atoms with Crippen molar-refractivity contribution >= 4 is 0 Å². The van der Waals surface area contributed by atoms with Crippen molar-refractivity contribution in [3.8, 4) is 0 Å². The molecule has 0 aromatic carbocycles. The summed E-state index contributed by atoms with van der Waals surface area (Å²) in [6.45, 7) is 7.78. The molecule has 1 aliphatic heterocycles. The molecule has 0 aromatic heterocycles. The Labute approximate surface area is 45.3 Å². The first-order chi connectivity index (χ1) is 3.43. The van der Waals surface area contributed by atoms with Gasteiger partial charge in [-0.1, -0.05) is 6.92 Å². The van der Waals surface area contributed by atoms with Crippen LogP contribution in [0.15, 0.2) is 0 Å². The first-order valence-corrected chi connectivity index (χ1v) is 2.92. The Morgan fingerprint density at radius 3 is 2.86 bits per heavy atom. The van der Waals surface area contributed by atoms with E-state index in [1.807, 2.05) is 0 Å². The minimum atomic E-state index is 1.14. The first-order valence-electron chi connectivity index (χ1n) is 2.92. The van der Waals surface area contributed by atoms with Gasteiger partial charge in [0, 0.05) is 0 Å². The summed E-state index contributed by atoms with van der Waals surface area (Å²) in [5.41, 5.74) is 0. The zero-order valence-electron chi connectivity index (χ0n) is 4.78. The third kappa shape index (κ3) is 1.16. The Balaban J connectivity index is 2.14. The summed E-state index contributed by atoms with van der Waals surface area (Å²) in [5.74, 6) is 0. The highest BCUT2D eigenvalue weighted by Crippen LogP contribution is 2.09. The van der Waals surface area contributed by atoms with E-state index in [-0.39, 0.29) is 0 Å². The van der Waals surface area contributed by atoms with Gasteiger partial charge in [-0.05, 0) is 25.9 Å². The molecular weight excluding hydrogens is 86.1 g/mol. The number of likely N-dealkylation sites (tertiary alicyclic amines) is 1. The summed E-state index contributed by atoms with van der Waals surface area (Å²) in [7, 11) is 0. The molecule has 2 radical (unpaired) electrons. The van der Waals surface area contributed by atoms with Gasteiger partial charge in [0.2, 0.25) is 0 Å². The molecule has 1 heterocycles. The fourth-order valence-corrected chi connectivity index (χ4v) is 0.856. The van der Waals surface area contributed by atoms with Crippen LogP contribution in [0.25, 0.3) is 0 Å². The van der Waals surface area contributed by atoms with Crippen LogP contribution in [0.3, 0.4) is 0 Å². The minimum Gasteiger partial charge on any atom is -0.294 e.